The van der Waals surface area contributed by atoms with Crippen LogP contribution in [0.5, 0.6) is 0 Å². The summed E-state index contributed by atoms with van der Waals surface area (Å²) in [5.74, 6) is -0.591. The van der Waals surface area contributed by atoms with Gasteiger partial charge in [0.1, 0.15) is 5.82 Å². The van der Waals surface area contributed by atoms with E-state index in [1.54, 1.807) is 18.2 Å². The highest BCUT2D eigenvalue weighted by molar-refractivity contribution is 5.79. The Morgan fingerprint density at radius 1 is 1.42 bits per heavy atom. The number of rotatable bonds is 5. The summed E-state index contributed by atoms with van der Waals surface area (Å²) >= 11 is 0. The van der Waals surface area contributed by atoms with Crippen LogP contribution in [0.3, 0.4) is 0 Å². The van der Waals surface area contributed by atoms with Gasteiger partial charge in [-0.3, -0.25) is 4.79 Å². The number of hydrogen-bond donors (Lipinski definition) is 2. The van der Waals surface area contributed by atoms with E-state index in [0.29, 0.717) is 18.8 Å². The van der Waals surface area contributed by atoms with Gasteiger partial charge >= 0.3 is 0 Å². The van der Waals surface area contributed by atoms with Gasteiger partial charge in [0.05, 0.1) is 19.1 Å². The Hall–Kier alpha value is -1.46. The molecular formula is C14H19FN2O2. The van der Waals surface area contributed by atoms with E-state index in [1.807, 2.05) is 6.92 Å². The molecule has 1 aliphatic rings. The van der Waals surface area contributed by atoms with Crippen molar-refractivity contribution in [2.45, 2.75) is 19.5 Å². The van der Waals surface area contributed by atoms with Crippen LogP contribution in [0, 0.1) is 11.7 Å². The summed E-state index contributed by atoms with van der Waals surface area (Å²) in [7, 11) is 0. The molecule has 0 aromatic heterocycles. The lowest BCUT2D eigenvalue weighted by atomic mass is 10.0. The summed E-state index contributed by atoms with van der Waals surface area (Å²) < 4.78 is 18.7. The van der Waals surface area contributed by atoms with Gasteiger partial charge in [0.2, 0.25) is 5.91 Å². The van der Waals surface area contributed by atoms with Crippen molar-refractivity contribution in [3.8, 4) is 0 Å². The van der Waals surface area contributed by atoms with E-state index in [2.05, 4.69) is 10.6 Å². The van der Waals surface area contributed by atoms with Gasteiger partial charge in [0.15, 0.2) is 0 Å². The first kappa shape index (κ1) is 14.0. The van der Waals surface area contributed by atoms with E-state index in [9.17, 15) is 9.18 Å². The van der Waals surface area contributed by atoms with Crippen LogP contribution in [0.2, 0.25) is 0 Å². The van der Waals surface area contributed by atoms with Crippen molar-refractivity contribution >= 4 is 5.91 Å². The van der Waals surface area contributed by atoms with E-state index in [1.165, 1.54) is 6.07 Å². The van der Waals surface area contributed by atoms with E-state index in [4.69, 9.17) is 4.74 Å². The predicted octanol–water partition coefficient (Wildman–Crippen LogP) is 1.07. The first-order valence-corrected chi connectivity index (χ1v) is 6.54. The molecule has 104 valence electrons. The molecule has 2 atom stereocenters. The largest absolute Gasteiger partial charge is 0.379 e. The minimum Gasteiger partial charge on any atom is -0.379 e. The highest BCUT2D eigenvalue weighted by atomic mass is 19.1. The second-order valence-electron chi connectivity index (χ2n) is 4.62. The molecule has 0 aliphatic carbocycles. The van der Waals surface area contributed by atoms with Gasteiger partial charge in [0.25, 0.3) is 0 Å². The number of benzene rings is 1. The van der Waals surface area contributed by atoms with Crippen LogP contribution in [-0.4, -0.2) is 31.7 Å². The number of halogens is 1. The molecule has 1 fully saturated rings. The zero-order valence-electron chi connectivity index (χ0n) is 11.0. The van der Waals surface area contributed by atoms with Crippen LogP contribution in [-0.2, 0) is 16.1 Å². The summed E-state index contributed by atoms with van der Waals surface area (Å²) in [6, 6.07) is 6.49. The van der Waals surface area contributed by atoms with Gasteiger partial charge in [-0.05, 0) is 12.6 Å². The third-order valence-electron chi connectivity index (χ3n) is 3.29. The van der Waals surface area contributed by atoms with Crippen molar-refractivity contribution in [3.05, 3.63) is 35.6 Å². The average Bonchev–Trinajstić information content (AvgIpc) is 2.86. The first-order chi connectivity index (χ1) is 9.22. The van der Waals surface area contributed by atoms with Gasteiger partial charge < -0.3 is 15.4 Å². The smallest absolute Gasteiger partial charge is 0.227 e. The van der Waals surface area contributed by atoms with E-state index in [-0.39, 0.29) is 30.2 Å². The van der Waals surface area contributed by atoms with E-state index >= 15 is 0 Å². The van der Waals surface area contributed by atoms with E-state index in [0.717, 1.165) is 6.54 Å². The Labute approximate surface area is 112 Å². The number of amides is 1. The van der Waals surface area contributed by atoms with Crippen molar-refractivity contribution in [2.24, 2.45) is 5.92 Å². The molecule has 1 amide bonds. The fraction of sp³-hybridized carbons (Fsp3) is 0.500. The van der Waals surface area contributed by atoms with E-state index < -0.39 is 0 Å². The summed E-state index contributed by atoms with van der Waals surface area (Å²) in [5, 5.41) is 6.00. The number of ether oxygens (including phenoxy) is 1. The summed E-state index contributed by atoms with van der Waals surface area (Å²) in [5.41, 5.74) is 0.495. The molecule has 2 N–H and O–H groups in total. The third-order valence-corrected chi connectivity index (χ3v) is 3.29. The molecule has 1 saturated heterocycles. The monoisotopic (exact) mass is 266 g/mol. The molecular weight excluding hydrogens is 247 g/mol. The van der Waals surface area contributed by atoms with Crippen LogP contribution in [0.15, 0.2) is 24.3 Å². The van der Waals surface area contributed by atoms with Crippen LogP contribution in [0.4, 0.5) is 4.39 Å². The lowest BCUT2D eigenvalue weighted by Gasteiger charge is -2.17. The minimum atomic E-state index is -0.297. The van der Waals surface area contributed by atoms with Gasteiger partial charge in [-0.1, -0.05) is 25.1 Å². The van der Waals surface area contributed by atoms with Crippen molar-refractivity contribution in [2.75, 3.05) is 19.8 Å². The molecule has 5 heteroatoms. The van der Waals surface area contributed by atoms with Crippen LogP contribution in [0.25, 0.3) is 0 Å². The Morgan fingerprint density at radius 2 is 2.21 bits per heavy atom. The fourth-order valence-corrected chi connectivity index (χ4v) is 2.23. The average molecular weight is 266 g/mol. The van der Waals surface area contributed by atoms with Gasteiger partial charge in [-0.2, -0.15) is 0 Å². The maximum absolute atomic E-state index is 13.4. The van der Waals surface area contributed by atoms with Crippen molar-refractivity contribution in [3.63, 3.8) is 0 Å². The summed E-state index contributed by atoms with van der Waals surface area (Å²) in [6.45, 7) is 3.96. The summed E-state index contributed by atoms with van der Waals surface area (Å²) in [6.07, 6.45) is 0. The Morgan fingerprint density at radius 3 is 2.95 bits per heavy atom. The van der Waals surface area contributed by atoms with Crippen molar-refractivity contribution < 1.29 is 13.9 Å². The number of likely N-dealkylation sites (N-methyl/N-ethyl adjacent to an activating group) is 1. The normalized spacial score (nSPS) is 22.4. The van der Waals surface area contributed by atoms with Crippen molar-refractivity contribution in [1.29, 1.82) is 0 Å². The molecule has 0 bridgehead atoms. The SMILES string of the molecule is CCNC1COCC1C(=O)NCc1ccccc1F. The quantitative estimate of drug-likeness (QED) is 0.838. The van der Waals surface area contributed by atoms with Crippen LogP contribution in [0.1, 0.15) is 12.5 Å². The summed E-state index contributed by atoms with van der Waals surface area (Å²) in [4.78, 5) is 12.1. The number of carbonyl (C=O) groups excluding carboxylic acids is 1. The molecule has 4 nitrogen and oxygen atoms in total. The van der Waals surface area contributed by atoms with Gasteiger partial charge in [-0.15, -0.1) is 0 Å². The van der Waals surface area contributed by atoms with Crippen molar-refractivity contribution in [1.82, 2.24) is 10.6 Å². The maximum atomic E-state index is 13.4. The molecule has 1 heterocycles. The Kier molecular flexibility index (Phi) is 4.87. The topological polar surface area (TPSA) is 50.4 Å². The van der Waals surface area contributed by atoms with Gasteiger partial charge in [0, 0.05) is 18.2 Å². The Balaban J connectivity index is 1.89. The molecule has 2 unspecified atom stereocenters. The zero-order valence-corrected chi connectivity index (χ0v) is 11.0. The molecule has 1 aromatic carbocycles. The molecule has 19 heavy (non-hydrogen) atoms. The minimum absolute atomic E-state index is 0.0469. The number of nitrogens with one attached hydrogen (secondary N) is 2. The highest BCUT2D eigenvalue weighted by Gasteiger charge is 2.33. The number of carbonyl (C=O) groups is 1. The fourth-order valence-electron chi connectivity index (χ4n) is 2.23. The third kappa shape index (κ3) is 3.52. The predicted molar refractivity (Wildman–Crippen MR) is 70.0 cm³/mol. The first-order valence-electron chi connectivity index (χ1n) is 6.54. The zero-order chi connectivity index (χ0) is 13.7. The lowest BCUT2D eigenvalue weighted by Crippen LogP contribution is -2.43. The second-order valence-corrected chi connectivity index (χ2v) is 4.62. The van der Waals surface area contributed by atoms with Gasteiger partial charge in [-0.25, -0.2) is 4.39 Å². The highest BCUT2D eigenvalue weighted by Crippen LogP contribution is 2.14. The molecule has 2 rings (SSSR count). The molecule has 0 saturated carbocycles. The maximum Gasteiger partial charge on any atom is 0.227 e. The number of hydrogen-bond acceptors (Lipinski definition) is 3. The van der Waals surface area contributed by atoms with Crippen LogP contribution >= 0.6 is 0 Å². The second kappa shape index (κ2) is 6.63. The lowest BCUT2D eigenvalue weighted by molar-refractivity contribution is -0.125. The molecule has 0 radical (unpaired) electrons. The van der Waals surface area contributed by atoms with Crippen LogP contribution < -0.4 is 10.6 Å². The molecule has 1 aliphatic heterocycles. The molecule has 1 aromatic rings. The standard InChI is InChI=1S/C14H19FN2O2/c1-2-16-13-9-19-8-11(13)14(18)17-7-10-5-3-4-6-12(10)15/h3-6,11,13,16H,2,7-9H2,1H3,(H,17,18). The Bertz CT molecular complexity index is 439. The molecule has 0 spiro atoms.